The summed E-state index contributed by atoms with van der Waals surface area (Å²) in [7, 11) is 0. The molecule has 0 radical (unpaired) electrons. The third-order valence-corrected chi connectivity index (χ3v) is 5.01. The van der Waals surface area contributed by atoms with Crippen LogP contribution in [0, 0.1) is 14.1 Å². The van der Waals surface area contributed by atoms with Gasteiger partial charge in [-0.05, 0) is 82.4 Å². The van der Waals surface area contributed by atoms with Crippen molar-refractivity contribution in [1.29, 1.82) is 0 Å². The smallest absolute Gasteiger partial charge is 0.128 e. The molecule has 0 aliphatic carbocycles. The van der Waals surface area contributed by atoms with Gasteiger partial charge in [0, 0.05) is 7.14 Å². The standard InChI is InChI=1S/C13H10I2O/c1-9-2-4-10(5-3-9)16-11-6-7-12(14)13(15)8-11/h2-8H,1H3. The largest absolute Gasteiger partial charge is 0.457 e. The third-order valence-electron chi connectivity index (χ3n) is 2.15. The molecule has 0 spiro atoms. The average molecular weight is 436 g/mol. The van der Waals surface area contributed by atoms with E-state index in [4.69, 9.17) is 4.74 Å². The van der Waals surface area contributed by atoms with E-state index in [0.29, 0.717) is 0 Å². The number of benzene rings is 2. The van der Waals surface area contributed by atoms with Crippen LogP contribution in [0.1, 0.15) is 5.56 Å². The minimum atomic E-state index is 0.877. The van der Waals surface area contributed by atoms with Gasteiger partial charge in [-0.25, -0.2) is 0 Å². The van der Waals surface area contributed by atoms with Crippen molar-refractivity contribution >= 4 is 45.2 Å². The molecule has 2 aromatic rings. The van der Waals surface area contributed by atoms with Gasteiger partial charge in [0.25, 0.3) is 0 Å². The Kier molecular flexibility index (Phi) is 4.07. The Morgan fingerprint density at radius 1 is 0.812 bits per heavy atom. The van der Waals surface area contributed by atoms with Gasteiger partial charge in [0.05, 0.1) is 0 Å². The molecular weight excluding hydrogens is 426 g/mol. The van der Waals surface area contributed by atoms with Gasteiger partial charge in [-0.15, -0.1) is 0 Å². The van der Waals surface area contributed by atoms with E-state index >= 15 is 0 Å². The van der Waals surface area contributed by atoms with E-state index in [9.17, 15) is 0 Å². The van der Waals surface area contributed by atoms with Gasteiger partial charge in [0.15, 0.2) is 0 Å². The summed E-state index contributed by atoms with van der Waals surface area (Å²) >= 11 is 4.62. The van der Waals surface area contributed by atoms with Crippen molar-refractivity contribution in [3.05, 3.63) is 55.2 Å². The summed E-state index contributed by atoms with van der Waals surface area (Å²) in [6, 6.07) is 14.2. The molecule has 16 heavy (non-hydrogen) atoms. The third kappa shape index (κ3) is 3.10. The molecule has 0 atom stereocenters. The lowest BCUT2D eigenvalue weighted by Gasteiger charge is -2.06. The summed E-state index contributed by atoms with van der Waals surface area (Å²) in [4.78, 5) is 0. The van der Waals surface area contributed by atoms with Gasteiger partial charge >= 0.3 is 0 Å². The Hall–Kier alpha value is -0.300. The van der Waals surface area contributed by atoms with Crippen molar-refractivity contribution in [3.63, 3.8) is 0 Å². The van der Waals surface area contributed by atoms with E-state index in [1.165, 1.54) is 12.7 Å². The van der Waals surface area contributed by atoms with Crippen molar-refractivity contribution in [2.75, 3.05) is 0 Å². The molecule has 1 nitrogen and oxygen atoms in total. The highest BCUT2D eigenvalue weighted by Gasteiger charge is 2.00. The summed E-state index contributed by atoms with van der Waals surface area (Å²) in [6.45, 7) is 2.07. The maximum atomic E-state index is 5.76. The topological polar surface area (TPSA) is 9.23 Å². The second kappa shape index (κ2) is 5.35. The van der Waals surface area contributed by atoms with Gasteiger partial charge in [0.1, 0.15) is 11.5 Å². The van der Waals surface area contributed by atoms with E-state index in [1.54, 1.807) is 0 Å². The van der Waals surface area contributed by atoms with Gasteiger partial charge in [-0.3, -0.25) is 0 Å². The number of hydrogen-bond acceptors (Lipinski definition) is 1. The van der Waals surface area contributed by atoms with Crippen LogP contribution >= 0.6 is 45.2 Å². The molecule has 0 amide bonds. The van der Waals surface area contributed by atoms with Crippen LogP contribution in [0.3, 0.4) is 0 Å². The van der Waals surface area contributed by atoms with Crippen molar-refractivity contribution in [3.8, 4) is 11.5 Å². The fourth-order valence-corrected chi connectivity index (χ4v) is 2.10. The fourth-order valence-electron chi connectivity index (χ4n) is 1.28. The quantitative estimate of drug-likeness (QED) is 0.603. The zero-order chi connectivity index (χ0) is 11.5. The Morgan fingerprint density at radius 2 is 1.44 bits per heavy atom. The molecule has 3 heteroatoms. The first-order valence-electron chi connectivity index (χ1n) is 4.85. The minimum Gasteiger partial charge on any atom is -0.457 e. The summed E-state index contributed by atoms with van der Waals surface area (Å²) in [5.74, 6) is 1.76. The summed E-state index contributed by atoms with van der Waals surface area (Å²) in [5.41, 5.74) is 1.24. The van der Waals surface area contributed by atoms with E-state index < -0.39 is 0 Å². The van der Waals surface area contributed by atoms with Crippen LogP contribution in [0.15, 0.2) is 42.5 Å². The number of ether oxygens (including phenoxy) is 1. The van der Waals surface area contributed by atoms with E-state index in [1.807, 2.05) is 36.4 Å². The van der Waals surface area contributed by atoms with Gasteiger partial charge < -0.3 is 4.74 Å². The predicted molar refractivity (Wildman–Crippen MR) is 83.1 cm³/mol. The first-order chi connectivity index (χ1) is 7.65. The first-order valence-corrected chi connectivity index (χ1v) is 7.00. The minimum absolute atomic E-state index is 0.877. The molecule has 82 valence electrons. The van der Waals surface area contributed by atoms with Crippen LogP contribution in [-0.4, -0.2) is 0 Å². The van der Waals surface area contributed by atoms with Crippen LogP contribution < -0.4 is 4.74 Å². The van der Waals surface area contributed by atoms with Crippen LogP contribution in [0.25, 0.3) is 0 Å². The Bertz CT molecular complexity index is 492. The second-order valence-corrected chi connectivity index (χ2v) is 5.82. The molecule has 0 saturated carbocycles. The monoisotopic (exact) mass is 436 g/mol. The van der Waals surface area contributed by atoms with E-state index in [2.05, 4.69) is 58.2 Å². The zero-order valence-electron chi connectivity index (χ0n) is 8.71. The van der Waals surface area contributed by atoms with E-state index in [-0.39, 0.29) is 0 Å². The lowest BCUT2D eigenvalue weighted by atomic mass is 10.2. The Morgan fingerprint density at radius 3 is 2.06 bits per heavy atom. The zero-order valence-corrected chi connectivity index (χ0v) is 13.0. The molecule has 0 aliphatic heterocycles. The normalized spacial score (nSPS) is 10.2. The highest BCUT2D eigenvalue weighted by atomic mass is 127. The number of rotatable bonds is 2. The number of halogens is 2. The number of hydrogen-bond donors (Lipinski definition) is 0. The van der Waals surface area contributed by atoms with Crippen molar-refractivity contribution < 1.29 is 4.74 Å². The molecule has 0 N–H and O–H groups in total. The number of aryl methyl sites for hydroxylation is 1. The van der Waals surface area contributed by atoms with Crippen LogP contribution in [0.2, 0.25) is 0 Å². The molecule has 0 bridgehead atoms. The Labute approximate surface area is 122 Å². The maximum absolute atomic E-state index is 5.76. The molecule has 0 heterocycles. The van der Waals surface area contributed by atoms with Crippen molar-refractivity contribution in [2.24, 2.45) is 0 Å². The first kappa shape index (κ1) is 12.2. The van der Waals surface area contributed by atoms with Crippen LogP contribution in [-0.2, 0) is 0 Å². The lowest BCUT2D eigenvalue weighted by Crippen LogP contribution is -1.86. The Balaban J connectivity index is 2.20. The summed E-state index contributed by atoms with van der Waals surface area (Å²) in [5, 5.41) is 0. The van der Waals surface area contributed by atoms with Crippen molar-refractivity contribution in [2.45, 2.75) is 6.92 Å². The SMILES string of the molecule is Cc1ccc(Oc2ccc(I)c(I)c2)cc1. The molecule has 0 aromatic heterocycles. The summed E-state index contributed by atoms with van der Waals surface area (Å²) < 4.78 is 8.22. The van der Waals surface area contributed by atoms with Crippen molar-refractivity contribution in [1.82, 2.24) is 0 Å². The second-order valence-electron chi connectivity index (χ2n) is 3.49. The van der Waals surface area contributed by atoms with Crippen LogP contribution in [0.5, 0.6) is 11.5 Å². The van der Waals surface area contributed by atoms with Gasteiger partial charge in [-0.2, -0.15) is 0 Å². The maximum Gasteiger partial charge on any atom is 0.128 e. The van der Waals surface area contributed by atoms with Gasteiger partial charge in [0.2, 0.25) is 0 Å². The lowest BCUT2D eigenvalue weighted by molar-refractivity contribution is 0.482. The highest BCUT2D eigenvalue weighted by Crippen LogP contribution is 2.25. The summed E-state index contributed by atoms with van der Waals surface area (Å²) in [6.07, 6.45) is 0. The molecule has 0 aliphatic rings. The molecule has 2 rings (SSSR count). The molecule has 0 unspecified atom stereocenters. The highest BCUT2D eigenvalue weighted by molar-refractivity contribution is 14.1. The molecular formula is C13H10I2O. The molecule has 0 saturated heterocycles. The predicted octanol–water partition coefficient (Wildman–Crippen LogP) is 5.00. The van der Waals surface area contributed by atoms with Crippen LogP contribution in [0.4, 0.5) is 0 Å². The fraction of sp³-hybridized carbons (Fsp3) is 0.0769. The molecule has 2 aromatic carbocycles. The van der Waals surface area contributed by atoms with E-state index in [0.717, 1.165) is 11.5 Å². The van der Waals surface area contributed by atoms with Gasteiger partial charge in [-0.1, -0.05) is 17.7 Å². The molecule has 0 fully saturated rings. The average Bonchev–Trinajstić information content (AvgIpc) is 2.27.